The number of aryl methyl sites for hydroxylation is 1. The third-order valence-corrected chi connectivity index (χ3v) is 5.16. The Morgan fingerprint density at radius 3 is 2.74 bits per heavy atom. The zero-order valence-electron chi connectivity index (χ0n) is 15.0. The molecule has 0 aliphatic rings. The van der Waals surface area contributed by atoms with E-state index in [4.69, 9.17) is 9.26 Å². The van der Waals surface area contributed by atoms with E-state index in [-0.39, 0.29) is 17.3 Å². The fourth-order valence-electron chi connectivity index (χ4n) is 2.40. The molecule has 9 heteroatoms. The minimum absolute atomic E-state index is 0.0843. The van der Waals surface area contributed by atoms with Gasteiger partial charge in [0.1, 0.15) is 5.75 Å². The van der Waals surface area contributed by atoms with Crippen molar-refractivity contribution in [2.24, 2.45) is 0 Å². The van der Waals surface area contributed by atoms with Gasteiger partial charge in [0.05, 0.1) is 17.1 Å². The van der Waals surface area contributed by atoms with Gasteiger partial charge in [-0.2, -0.15) is 4.98 Å². The first-order valence-corrected chi connectivity index (χ1v) is 10.00. The maximum atomic E-state index is 12.7. The second-order valence-corrected chi connectivity index (χ2v) is 7.41. The maximum Gasteiger partial charge on any atom is 0.261 e. The number of hydrogen-bond acceptors (Lipinski definition) is 7. The lowest BCUT2D eigenvalue weighted by atomic mass is 10.2. The Labute approximate surface area is 157 Å². The molecule has 0 aliphatic carbocycles. The Hall–Kier alpha value is -2.78. The highest BCUT2D eigenvalue weighted by Crippen LogP contribution is 2.31. The van der Waals surface area contributed by atoms with Gasteiger partial charge in [-0.25, -0.2) is 13.1 Å². The Balaban J connectivity index is 1.92. The van der Waals surface area contributed by atoms with Crippen molar-refractivity contribution < 1.29 is 17.7 Å². The molecule has 0 bridgehead atoms. The molecule has 3 aromatic rings. The quantitative estimate of drug-likeness (QED) is 0.632. The molecular weight excluding hydrogens is 368 g/mol. The molecule has 0 aliphatic heterocycles. The second kappa shape index (κ2) is 8.28. The van der Waals surface area contributed by atoms with Crippen LogP contribution in [0.2, 0.25) is 0 Å². The summed E-state index contributed by atoms with van der Waals surface area (Å²) < 4.78 is 38.8. The fourth-order valence-corrected chi connectivity index (χ4v) is 3.44. The van der Waals surface area contributed by atoms with Crippen LogP contribution in [0.1, 0.15) is 25.2 Å². The molecule has 0 saturated heterocycles. The summed E-state index contributed by atoms with van der Waals surface area (Å²) in [5.41, 5.74) is 1.20. The van der Waals surface area contributed by atoms with Crippen LogP contribution in [0.15, 0.2) is 52.1 Å². The summed E-state index contributed by atoms with van der Waals surface area (Å²) in [5.74, 6) is 1.24. The molecule has 0 saturated carbocycles. The Bertz CT molecular complexity index is 1000. The predicted octanol–water partition coefficient (Wildman–Crippen LogP) is 2.57. The van der Waals surface area contributed by atoms with Crippen LogP contribution in [0.5, 0.6) is 5.75 Å². The van der Waals surface area contributed by atoms with Gasteiger partial charge in [-0.15, -0.1) is 0 Å². The minimum atomic E-state index is -3.74. The largest absolute Gasteiger partial charge is 0.493 e. The zero-order valence-corrected chi connectivity index (χ0v) is 15.9. The molecule has 2 heterocycles. The van der Waals surface area contributed by atoms with Gasteiger partial charge in [0, 0.05) is 25.4 Å². The van der Waals surface area contributed by atoms with Crippen LogP contribution in [0.25, 0.3) is 11.5 Å². The van der Waals surface area contributed by atoms with Crippen molar-refractivity contribution in [3.63, 3.8) is 0 Å². The lowest BCUT2D eigenvalue weighted by molar-refractivity contribution is 0.339. The summed E-state index contributed by atoms with van der Waals surface area (Å²) >= 11 is 0. The molecule has 0 spiro atoms. The van der Waals surface area contributed by atoms with Crippen LogP contribution in [-0.2, 0) is 23.0 Å². The van der Waals surface area contributed by atoms with Crippen molar-refractivity contribution >= 4 is 10.0 Å². The van der Waals surface area contributed by atoms with Crippen LogP contribution in [-0.4, -0.2) is 30.1 Å². The Morgan fingerprint density at radius 2 is 2.07 bits per heavy atom. The lowest BCUT2D eigenvalue weighted by Gasteiger charge is -2.11. The molecule has 0 fully saturated rings. The normalized spacial score (nSPS) is 11.5. The average molecular weight is 388 g/mol. The number of nitrogens with one attached hydrogen (secondary N) is 1. The van der Waals surface area contributed by atoms with Gasteiger partial charge in [-0.05, 0) is 36.8 Å². The molecule has 1 N–H and O–H groups in total. The van der Waals surface area contributed by atoms with E-state index in [1.54, 1.807) is 30.6 Å². The van der Waals surface area contributed by atoms with Crippen LogP contribution in [0.3, 0.4) is 0 Å². The number of benzene rings is 1. The molecule has 27 heavy (non-hydrogen) atoms. The van der Waals surface area contributed by atoms with Gasteiger partial charge in [0.2, 0.25) is 10.0 Å². The Kier molecular flexibility index (Phi) is 5.82. The number of rotatable bonds is 8. The summed E-state index contributed by atoms with van der Waals surface area (Å²) in [7, 11) is -3.74. The highest BCUT2D eigenvalue weighted by molar-refractivity contribution is 7.89. The van der Waals surface area contributed by atoms with E-state index in [0.717, 1.165) is 5.56 Å². The Morgan fingerprint density at radius 1 is 1.22 bits per heavy atom. The van der Waals surface area contributed by atoms with Gasteiger partial charge in [-0.3, -0.25) is 4.98 Å². The van der Waals surface area contributed by atoms with E-state index in [9.17, 15) is 8.42 Å². The van der Waals surface area contributed by atoms with E-state index in [1.807, 2.05) is 13.8 Å². The molecule has 0 radical (unpaired) electrons. The lowest BCUT2D eigenvalue weighted by Crippen LogP contribution is -2.23. The van der Waals surface area contributed by atoms with Crippen LogP contribution >= 0.6 is 0 Å². The highest BCUT2D eigenvalue weighted by atomic mass is 32.2. The van der Waals surface area contributed by atoms with Gasteiger partial charge < -0.3 is 9.26 Å². The van der Waals surface area contributed by atoms with Crippen molar-refractivity contribution in [3.8, 4) is 17.2 Å². The van der Waals surface area contributed by atoms with Crippen molar-refractivity contribution in [1.29, 1.82) is 0 Å². The maximum absolute atomic E-state index is 12.7. The first-order valence-electron chi connectivity index (χ1n) is 8.52. The molecule has 1 aromatic carbocycles. The summed E-state index contributed by atoms with van der Waals surface area (Å²) in [6.45, 7) is 4.31. The summed E-state index contributed by atoms with van der Waals surface area (Å²) in [6.07, 6.45) is 3.85. The smallest absolute Gasteiger partial charge is 0.261 e. The SMILES string of the molecule is CCOc1ccc(S(=O)(=O)NCc2cccnc2)cc1-c1nc(CC)no1. The van der Waals surface area contributed by atoms with E-state index in [2.05, 4.69) is 19.8 Å². The van der Waals surface area contributed by atoms with Gasteiger partial charge in [0.15, 0.2) is 5.82 Å². The molecule has 0 amide bonds. The molecular formula is C18H20N4O4S. The molecule has 142 valence electrons. The van der Waals surface area contributed by atoms with E-state index in [0.29, 0.717) is 30.2 Å². The van der Waals surface area contributed by atoms with E-state index < -0.39 is 10.0 Å². The van der Waals surface area contributed by atoms with Crippen molar-refractivity contribution in [3.05, 3.63) is 54.1 Å². The third kappa shape index (κ3) is 4.50. The average Bonchev–Trinajstić information content (AvgIpc) is 3.17. The summed E-state index contributed by atoms with van der Waals surface area (Å²) in [4.78, 5) is 8.34. The standard InChI is InChI=1S/C18H20N4O4S/c1-3-17-21-18(26-22-17)15-10-14(7-8-16(15)25-4-2)27(23,24)20-12-13-6-5-9-19-11-13/h5-11,20H,3-4,12H2,1-2H3. The van der Waals surface area contributed by atoms with Gasteiger partial charge in [0.25, 0.3) is 5.89 Å². The zero-order chi connectivity index (χ0) is 19.3. The monoisotopic (exact) mass is 388 g/mol. The number of pyridine rings is 1. The van der Waals surface area contributed by atoms with E-state index in [1.165, 1.54) is 12.1 Å². The van der Waals surface area contributed by atoms with Crippen molar-refractivity contribution in [2.75, 3.05) is 6.61 Å². The van der Waals surface area contributed by atoms with Crippen molar-refractivity contribution in [2.45, 2.75) is 31.7 Å². The van der Waals surface area contributed by atoms with Gasteiger partial charge >= 0.3 is 0 Å². The number of ether oxygens (including phenoxy) is 1. The molecule has 0 unspecified atom stereocenters. The summed E-state index contributed by atoms with van der Waals surface area (Å²) in [5, 5.41) is 3.87. The van der Waals surface area contributed by atoms with E-state index >= 15 is 0 Å². The number of hydrogen-bond donors (Lipinski definition) is 1. The molecule has 0 atom stereocenters. The first kappa shape index (κ1) is 19.0. The molecule has 3 rings (SSSR count). The molecule has 2 aromatic heterocycles. The topological polar surface area (TPSA) is 107 Å². The highest BCUT2D eigenvalue weighted by Gasteiger charge is 2.20. The minimum Gasteiger partial charge on any atom is -0.493 e. The van der Waals surface area contributed by atoms with Crippen LogP contribution < -0.4 is 9.46 Å². The number of nitrogens with zero attached hydrogens (tertiary/aromatic N) is 3. The number of aromatic nitrogens is 3. The van der Waals surface area contributed by atoms with Crippen LogP contribution in [0, 0.1) is 0 Å². The first-order chi connectivity index (χ1) is 13.0. The van der Waals surface area contributed by atoms with Crippen LogP contribution in [0.4, 0.5) is 0 Å². The van der Waals surface area contributed by atoms with Crippen molar-refractivity contribution in [1.82, 2.24) is 19.8 Å². The summed E-state index contributed by atoms with van der Waals surface area (Å²) in [6, 6.07) is 8.09. The third-order valence-electron chi connectivity index (χ3n) is 3.76. The fraction of sp³-hybridized carbons (Fsp3) is 0.278. The molecule has 8 nitrogen and oxygen atoms in total. The predicted molar refractivity (Wildman–Crippen MR) is 98.5 cm³/mol. The number of sulfonamides is 1. The van der Waals surface area contributed by atoms with Gasteiger partial charge in [-0.1, -0.05) is 18.1 Å². The second-order valence-electron chi connectivity index (χ2n) is 5.65.